The molecule has 1 aromatic carbocycles. The first kappa shape index (κ1) is 20.1. The third kappa shape index (κ3) is 3.68. The molecule has 0 saturated carbocycles. The van der Waals surface area contributed by atoms with Crippen LogP contribution in [-0.2, 0) is 9.53 Å². The minimum absolute atomic E-state index is 0.163. The summed E-state index contributed by atoms with van der Waals surface area (Å²) >= 11 is 0. The number of cyclic esters (lactones) is 1. The van der Waals surface area contributed by atoms with Gasteiger partial charge in [0.2, 0.25) is 12.3 Å². The number of piperidine rings is 1. The fourth-order valence-corrected chi connectivity index (χ4v) is 4.38. The highest BCUT2D eigenvalue weighted by atomic mass is 19.1. The van der Waals surface area contributed by atoms with Crippen LogP contribution in [-0.4, -0.2) is 49.8 Å². The van der Waals surface area contributed by atoms with Crippen molar-refractivity contribution >= 4 is 11.9 Å². The van der Waals surface area contributed by atoms with Gasteiger partial charge in [-0.15, -0.1) is 10.2 Å². The van der Waals surface area contributed by atoms with Crippen LogP contribution in [0.25, 0.3) is 11.1 Å². The van der Waals surface area contributed by atoms with Crippen LogP contribution in [0.1, 0.15) is 48.0 Å². The van der Waals surface area contributed by atoms with Crippen molar-refractivity contribution in [2.45, 2.75) is 37.6 Å². The summed E-state index contributed by atoms with van der Waals surface area (Å²) in [4.78, 5) is 27.2. The van der Waals surface area contributed by atoms with E-state index in [1.165, 1.54) is 18.5 Å². The molecule has 2 atom stereocenters. The van der Waals surface area contributed by atoms with E-state index in [0.29, 0.717) is 41.4 Å². The topological polar surface area (TPSA) is 114 Å². The van der Waals surface area contributed by atoms with E-state index in [9.17, 15) is 14.0 Å². The monoisotopic (exact) mass is 437 g/mol. The van der Waals surface area contributed by atoms with E-state index in [1.54, 1.807) is 29.3 Å². The smallest absolute Gasteiger partial charge is 0.314 e. The highest BCUT2D eigenvalue weighted by Gasteiger charge is 2.42. The molecule has 0 spiro atoms. The van der Waals surface area contributed by atoms with Crippen molar-refractivity contribution in [3.05, 3.63) is 66.1 Å². The molecule has 5 rings (SSSR count). The Kier molecular flexibility index (Phi) is 5.26. The number of amides is 1. The molecule has 32 heavy (non-hydrogen) atoms. The van der Waals surface area contributed by atoms with Gasteiger partial charge < -0.3 is 14.1 Å². The van der Waals surface area contributed by atoms with Gasteiger partial charge in [-0.2, -0.15) is 5.10 Å². The quantitative estimate of drug-likeness (QED) is 0.610. The molecule has 2 unspecified atom stereocenters. The Morgan fingerprint density at radius 3 is 2.81 bits per heavy atom. The number of halogens is 1. The van der Waals surface area contributed by atoms with Gasteiger partial charge in [-0.1, -0.05) is 12.1 Å². The van der Waals surface area contributed by atoms with Crippen molar-refractivity contribution < 1.29 is 23.1 Å². The lowest BCUT2D eigenvalue weighted by Gasteiger charge is -2.39. The van der Waals surface area contributed by atoms with Crippen LogP contribution in [0.4, 0.5) is 4.39 Å². The number of carbonyl (C=O) groups excluding carboxylic acids is 2. The second-order valence-corrected chi connectivity index (χ2v) is 7.77. The number of carbonyl (C=O) groups is 2. The Hall–Kier alpha value is -3.82. The van der Waals surface area contributed by atoms with Gasteiger partial charge in [0.25, 0.3) is 5.91 Å². The molecule has 4 heterocycles. The first-order valence-corrected chi connectivity index (χ1v) is 10.4. The molecule has 1 N–H and O–H groups in total. The number of rotatable bonds is 5. The third-order valence-corrected chi connectivity index (χ3v) is 5.85. The summed E-state index contributed by atoms with van der Waals surface area (Å²) in [5, 5.41) is 14.7. The molecular formula is C22H20FN5O4. The molecule has 0 aliphatic carbocycles. The zero-order valence-electron chi connectivity index (χ0n) is 17.0. The third-order valence-electron chi connectivity index (χ3n) is 5.85. The normalized spacial score (nSPS) is 19.5. The number of aromatic nitrogens is 4. The van der Waals surface area contributed by atoms with Crippen LogP contribution in [0.3, 0.4) is 0 Å². The SMILES string of the molecule is O=C1CC=C(C(c2nnco2)C2CCCCN2C(=O)c2[nH]ncc2-c2ccc(F)cc2)O1. The molecule has 2 aromatic heterocycles. The van der Waals surface area contributed by atoms with E-state index in [4.69, 9.17) is 9.15 Å². The summed E-state index contributed by atoms with van der Waals surface area (Å²) in [6.45, 7) is 0.511. The molecule has 0 bridgehead atoms. The predicted molar refractivity (Wildman–Crippen MR) is 108 cm³/mol. The number of aromatic amines is 1. The van der Waals surface area contributed by atoms with Crippen molar-refractivity contribution in [1.29, 1.82) is 0 Å². The van der Waals surface area contributed by atoms with Gasteiger partial charge in [0.1, 0.15) is 23.2 Å². The Bertz CT molecular complexity index is 1160. The second-order valence-electron chi connectivity index (χ2n) is 7.77. The summed E-state index contributed by atoms with van der Waals surface area (Å²) in [5.74, 6) is -0.800. The molecule has 0 radical (unpaired) electrons. The first-order chi connectivity index (χ1) is 15.6. The van der Waals surface area contributed by atoms with Crippen LogP contribution >= 0.6 is 0 Å². The molecular weight excluding hydrogens is 417 g/mol. The minimum atomic E-state index is -0.551. The number of esters is 1. The number of hydrogen-bond donors (Lipinski definition) is 1. The average Bonchev–Trinajstić information content (AvgIpc) is 3.57. The van der Waals surface area contributed by atoms with Gasteiger partial charge in [-0.05, 0) is 43.0 Å². The maximum Gasteiger partial charge on any atom is 0.314 e. The van der Waals surface area contributed by atoms with E-state index in [0.717, 1.165) is 12.8 Å². The Morgan fingerprint density at radius 2 is 2.09 bits per heavy atom. The van der Waals surface area contributed by atoms with E-state index >= 15 is 0 Å². The van der Waals surface area contributed by atoms with Crippen molar-refractivity contribution in [3.8, 4) is 11.1 Å². The van der Waals surface area contributed by atoms with Gasteiger partial charge in [0.05, 0.1) is 18.7 Å². The van der Waals surface area contributed by atoms with Gasteiger partial charge in [0, 0.05) is 12.1 Å². The molecule has 1 fully saturated rings. The fraction of sp³-hybridized carbons (Fsp3) is 0.318. The van der Waals surface area contributed by atoms with Gasteiger partial charge in [-0.3, -0.25) is 14.7 Å². The lowest BCUT2D eigenvalue weighted by atomic mass is 9.88. The van der Waals surface area contributed by atoms with Crippen LogP contribution in [0, 0.1) is 5.82 Å². The van der Waals surface area contributed by atoms with Crippen molar-refractivity contribution in [3.63, 3.8) is 0 Å². The van der Waals surface area contributed by atoms with E-state index in [1.807, 2.05) is 0 Å². The maximum absolute atomic E-state index is 13.7. The van der Waals surface area contributed by atoms with Crippen LogP contribution in [0.5, 0.6) is 0 Å². The molecule has 164 valence electrons. The number of nitrogens with one attached hydrogen (secondary N) is 1. The molecule has 10 heteroatoms. The highest BCUT2D eigenvalue weighted by molar-refractivity contribution is 5.99. The zero-order chi connectivity index (χ0) is 22.1. The van der Waals surface area contributed by atoms with E-state index in [-0.39, 0.29) is 30.2 Å². The number of hydrogen-bond acceptors (Lipinski definition) is 7. The zero-order valence-corrected chi connectivity index (χ0v) is 17.0. The largest absolute Gasteiger partial charge is 0.430 e. The fourth-order valence-electron chi connectivity index (χ4n) is 4.38. The minimum Gasteiger partial charge on any atom is -0.430 e. The first-order valence-electron chi connectivity index (χ1n) is 10.4. The molecule has 2 aliphatic heterocycles. The average molecular weight is 437 g/mol. The second kappa shape index (κ2) is 8.37. The van der Waals surface area contributed by atoms with Crippen LogP contribution < -0.4 is 0 Å². The summed E-state index contributed by atoms with van der Waals surface area (Å²) in [7, 11) is 0. The Morgan fingerprint density at radius 1 is 1.25 bits per heavy atom. The molecule has 3 aromatic rings. The van der Waals surface area contributed by atoms with Crippen LogP contribution in [0.2, 0.25) is 0 Å². The standard InChI is InChI=1S/C22H20FN5O4/c23-14-6-4-13(5-7-14)15-11-24-26-20(15)22(30)28-10-2-1-3-16(28)19(21-27-25-12-31-21)17-8-9-18(29)32-17/h4-8,11-12,16,19H,1-3,9-10H2,(H,24,26). The summed E-state index contributed by atoms with van der Waals surface area (Å²) in [5.41, 5.74) is 1.57. The van der Waals surface area contributed by atoms with Crippen molar-refractivity contribution in [2.24, 2.45) is 0 Å². The highest BCUT2D eigenvalue weighted by Crippen LogP contribution is 2.38. The van der Waals surface area contributed by atoms with Gasteiger partial charge >= 0.3 is 5.97 Å². The number of H-pyrrole nitrogens is 1. The number of likely N-dealkylation sites (tertiary alicyclic amines) is 1. The molecule has 9 nitrogen and oxygen atoms in total. The molecule has 1 amide bonds. The summed E-state index contributed by atoms with van der Waals surface area (Å²) < 4.78 is 24.3. The lowest BCUT2D eigenvalue weighted by molar-refractivity contribution is -0.137. The van der Waals surface area contributed by atoms with Crippen molar-refractivity contribution in [1.82, 2.24) is 25.3 Å². The summed E-state index contributed by atoms with van der Waals surface area (Å²) in [6, 6.07) is 5.54. The van der Waals surface area contributed by atoms with Crippen molar-refractivity contribution in [2.75, 3.05) is 6.54 Å². The van der Waals surface area contributed by atoms with Gasteiger partial charge in [-0.25, -0.2) is 4.39 Å². The van der Waals surface area contributed by atoms with E-state index < -0.39 is 5.92 Å². The molecule has 1 saturated heterocycles. The number of nitrogens with zero attached hydrogens (tertiary/aromatic N) is 4. The molecule has 2 aliphatic rings. The Balaban J connectivity index is 1.50. The predicted octanol–water partition coefficient (Wildman–Crippen LogP) is 3.21. The lowest BCUT2D eigenvalue weighted by Crippen LogP contribution is -2.47. The van der Waals surface area contributed by atoms with Crippen LogP contribution in [0.15, 0.2) is 53.1 Å². The number of ether oxygens (including phenoxy) is 1. The Labute approximate surface area is 182 Å². The number of benzene rings is 1. The van der Waals surface area contributed by atoms with E-state index in [2.05, 4.69) is 20.4 Å². The summed E-state index contributed by atoms with van der Waals surface area (Å²) in [6.07, 6.45) is 7.04. The maximum atomic E-state index is 13.7. The van der Waals surface area contributed by atoms with Gasteiger partial charge in [0.15, 0.2) is 0 Å².